The molecule has 1 heterocycles. The molecule has 2 aromatic rings. The number of rotatable bonds is 7. The number of amides is 1. The Hall–Kier alpha value is -2.22. The van der Waals surface area contributed by atoms with Crippen molar-refractivity contribution in [2.45, 2.75) is 24.3 Å². The Balaban J connectivity index is 1.80. The number of sulfonamides is 1. The zero-order valence-corrected chi connectivity index (χ0v) is 16.9. The highest BCUT2D eigenvalue weighted by molar-refractivity contribution is 7.89. The van der Waals surface area contributed by atoms with Crippen molar-refractivity contribution in [1.82, 2.24) is 14.5 Å². The van der Waals surface area contributed by atoms with Crippen molar-refractivity contribution in [3.8, 4) is 0 Å². The van der Waals surface area contributed by atoms with E-state index in [0.717, 1.165) is 25.2 Å². The Morgan fingerprint density at radius 3 is 2.11 bits per heavy atom. The molecule has 0 bridgehead atoms. The van der Waals surface area contributed by atoms with Crippen molar-refractivity contribution in [2.75, 3.05) is 32.7 Å². The zero-order chi connectivity index (χ0) is 20.0. The Bertz CT molecular complexity index is 864. The SMILES string of the molecule is CCN1CCN(C(=O)[C@H](Cc2ccccc2)NS(=O)(=O)c2ccccc2)CC1. The number of carbonyl (C=O) groups excluding carboxylic acids is 1. The quantitative estimate of drug-likeness (QED) is 0.767. The van der Waals surface area contributed by atoms with Gasteiger partial charge in [0.1, 0.15) is 6.04 Å². The molecule has 0 unspecified atom stereocenters. The van der Waals surface area contributed by atoms with Gasteiger partial charge in [-0.1, -0.05) is 55.5 Å². The summed E-state index contributed by atoms with van der Waals surface area (Å²) in [5, 5.41) is 0. The normalized spacial score (nSPS) is 16.7. The van der Waals surface area contributed by atoms with Gasteiger partial charge in [0.15, 0.2) is 0 Å². The molecule has 1 atom stereocenters. The standard InChI is InChI=1S/C21H27N3O3S/c1-2-23-13-15-24(16-14-23)21(25)20(17-18-9-5-3-6-10-18)22-28(26,27)19-11-7-4-8-12-19/h3-12,20,22H,2,13-17H2,1H3/t20-/m0/s1. The van der Waals surface area contributed by atoms with Crippen LogP contribution >= 0.6 is 0 Å². The third kappa shape index (κ3) is 5.19. The summed E-state index contributed by atoms with van der Waals surface area (Å²) < 4.78 is 28.3. The van der Waals surface area contributed by atoms with Crippen LogP contribution in [0, 0.1) is 0 Å². The second kappa shape index (κ2) is 9.32. The Morgan fingerprint density at radius 1 is 0.964 bits per heavy atom. The topological polar surface area (TPSA) is 69.7 Å². The maximum absolute atomic E-state index is 13.2. The molecule has 28 heavy (non-hydrogen) atoms. The molecule has 150 valence electrons. The van der Waals surface area contributed by atoms with E-state index in [-0.39, 0.29) is 10.8 Å². The number of hydrogen-bond donors (Lipinski definition) is 1. The van der Waals surface area contributed by atoms with Gasteiger partial charge in [-0.15, -0.1) is 0 Å². The highest BCUT2D eigenvalue weighted by Crippen LogP contribution is 2.13. The minimum atomic E-state index is -3.79. The van der Waals surface area contributed by atoms with Crippen molar-refractivity contribution in [3.05, 3.63) is 66.2 Å². The number of carbonyl (C=O) groups is 1. The monoisotopic (exact) mass is 401 g/mol. The van der Waals surface area contributed by atoms with E-state index in [0.29, 0.717) is 19.5 Å². The molecule has 1 saturated heterocycles. The molecule has 0 aliphatic carbocycles. The average molecular weight is 402 g/mol. The van der Waals surface area contributed by atoms with E-state index in [1.165, 1.54) is 12.1 Å². The molecule has 2 aromatic carbocycles. The number of hydrogen-bond acceptors (Lipinski definition) is 4. The predicted molar refractivity (Wildman–Crippen MR) is 109 cm³/mol. The molecule has 1 fully saturated rings. The predicted octanol–water partition coefficient (Wildman–Crippen LogP) is 1.74. The molecule has 1 amide bonds. The highest BCUT2D eigenvalue weighted by atomic mass is 32.2. The zero-order valence-electron chi connectivity index (χ0n) is 16.1. The van der Waals surface area contributed by atoms with Gasteiger partial charge in [-0.2, -0.15) is 4.72 Å². The van der Waals surface area contributed by atoms with Gasteiger partial charge in [0, 0.05) is 26.2 Å². The summed E-state index contributed by atoms with van der Waals surface area (Å²) in [6.07, 6.45) is 0.319. The number of benzene rings is 2. The summed E-state index contributed by atoms with van der Waals surface area (Å²) in [4.78, 5) is 17.4. The van der Waals surface area contributed by atoms with E-state index >= 15 is 0 Å². The first-order chi connectivity index (χ1) is 13.5. The molecule has 0 aromatic heterocycles. The third-order valence-corrected chi connectivity index (χ3v) is 6.55. The van der Waals surface area contributed by atoms with E-state index in [1.54, 1.807) is 23.1 Å². The molecule has 0 spiro atoms. The van der Waals surface area contributed by atoms with Gasteiger partial charge >= 0.3 is 0 Å². The lowest BCUT2D eigenvalue weighted by atomic mass is 10.1. The van der Waals surface area contributed by atoms with Crippen LogP contribution in [-0.2, 0) is 21.2 Å². The summed E-state index contributed by atoms with van der Waals surface area (Å²) in [5.41, 5.74) is 0.920. The van der Waals surface area contributed by atoms with Gasteiger partial charge in [-0.05, 0) is 30.7 Å². The number of nitrogens with one attached hydrogen (secondary N) is 1. The largest absolute Gasteiger partial charge is 0.339 e. The van der Waals surface area contributed by atoms with Crippen LogP contribution in [0.2, 0.25) is 0 Å². The van der Waals surface area contributed by atoms with Crippen LogP contribution < -0.4 is 4.72 Å². The van der Waals surface area contributed by atoms with Crippen LogP contribution in [0.3, 0.4) is 0 Å². The van der Waals surface area contributed by atoms with Crippen LogP contribution in [0.1, 0.15) is 12.5 Å². The lowest BCUT2D eigenvalue weighted by Crippen LogP contribution is -2.55. The Labute approximate surface area is 167 Å². The number of likely N-dealkylation sites (N-methyl/N-ethyl adjacent to an activating group) is 1. The summed E-state index contributed by atoms with van der Waals surface area (Å²) in [7, 11) is -3.79. The molecule has 3 rings (SSSR count). The molecule has 1 N–H and O–H groups in total. The maximum Gasteiger partial charge on any atom is 0.241 e. The van der Waals surface area contributed by atoms with Crippen LogP contribution in [0.5, 0.6) is 0 Å². The van der Waals surface area contributed by atoms with Crippen molar-refractivity contribution < 1.29 is 13.2 Å². The van der Waals surface area contributed by atoms with Gasteiger partial charge in [-0.25, -0.2) is 8.42 Å². The molecule has 7 heteroatoms. The van der Waals surface area contributed by atoms with Gasteiger partial charge < -0.3 is 9.80 Å². The molecule has 6 nitrogen and oxygen atoms in total. The number of piperazine rings is 1. The minimum absolute atomic E-state index is 0.164. The van der Waals surface area contributed by atoms with Gasteiger partial charge in [0.2, 0.25) is 15.9 Å². The maximum atomic E-state index is 13.2. The fourth-order valence-corrected chi connectivity index (χ4v) is 4.60. The van der Waals surface area contributed by atoms with Gasteiger partial charge in [0.05, 0.1) is 4.90 Å². The lowest BCUT2D eigenvalue weighted by molar-refractivity contribution is -0.134. The first-order valence-electron chi connectivity index (χ1n) is 9.62. The van der Waals surface area contributed by atoms with Crippen LogP contribution in [0.15, 0.2) is 65.6 Å². The average Bonchev–Trinajstić information content (AvgIpc) is 2.74. The molecule has 0 saturated carbocycles. The fourth-order valence-electron chi connectivity index (χ4n) is 3.39. The molecule has 0 radical (unpaired) electrons. The second-order valence-electron chi connectivity index (χ2n) is 6.94. The minimum Gasteiger partial charge on any atom is -0.339 e. The summed E-state index contributed by atoms with van der Waals surface area (Å²) in [6.45, 7) is 5.91. The molecule has 1 aliphatic rings. The van der Waals surface area contributed by atoms with Crippen molar-refractivity contribution in [3.63, 3.8) is 0 Å². The number of nitrogens with zero attached hydrogens (tertiary/aromatic N) is 2. The third-order valence-electron chi connectivity index (χ3n) is 5.06. The highest BCUT2D eigenvalue weighted by Gasteiger charge is 2.31. The Kier molecular flexibility index (Phi) is 6.83. The fraction of sp³-hybridized carbons (Fsp3) is 0.381. The van der Waals surface area contributed by atoms with E-state index in [4.69, 9.17) is 0 Å². The van der Waals surface area contributed by atoms with E-state index in [2.05, 4.69) is 16.5 Å². The molecular formula is C21H27N3O3S. The smallest absolute Gasteiger partial charge is 0.241 e. The van der Waals surface area contributed by atoms with E-state index in [1.807, 2.05) is 30.3 Å². The summed E-state index contributed by atoms with van der Waals surface area (Å²) in [5.74, 6) is -0.167. The molecular weight excluding hydrogens is 374 g/mol. The second-order valence-corrected chi connectivity index (χ2v) is 8.65. The lowest BCUT2D eigenvalue weighted by Gasteiger charge is -2.36. The van der Waals surface area contributed by atoms with E-state index < -0.39 is 16.1 Å². The van der Waals surface area contributed by atoms with Crippen molar-refractivity contribution >= 4 is 15.9 Å². The Morgan fingerprint density at radius 2 is 1.54 bits per heavy atom. The first-order valence-corrected chi connectivity index (χ1v) is 11.1. The van der Waals surface area contributed by atoms with Crippen LogP contribution in [0.25, 0.3) is 0 Å². The summed E-state index contributed by atoms with van der Waals surface area (Å²) in [6, 6.07) is 16.8. The summed E-state index contributed by atoms with van der Waals surface area (Å²) >= 11 is 0. The van der Waals surface area contributed by atoms with Crippen molar-refractivity contribution in [1.29, 1.82) is 0 Å². The van der Waals surface area contributed by atoms with Crippen molar-refractivity contribution in [2.24, 2.45) is 0 Å². The van der Waals surface area contributed by atoms with E-state index in [9.17, 15) is 13.2 Å². The van der Waals surface area contributed by atoms with Gasteiger partial charge in [-0.3, -0.25) is 4.79 Å². The van der Waals surface area contributed by atoms with Crippen LogP contribution in [-0.4, -0.2) is 62.9 Å². The molecule has 1 aliphatic heterocycles. The van der Waals surface area contributed by atoms with Crippen LogP contribution in [0.4, 0.5) is 0 Å². The van der Waals surface area contributed by atoms with Gasteiger partial charge in [0.25, 0.3) is 0 Å². The first kappa shape index (κ1) is 20.5.